The highest BCUT2D eigenvalue weighted by atomic mass is 16.7. The van der Waals surface area contributed by atoms with Crippen LogP contribution in [-0.4, -0.2) is 71.5 Å². The number of amides is 1. The van der Waals surface area contributed by atoms with Gasteiger partial charge in [0, 0.05) is 36.0 Å². The van der Waals surface area contributed by atoms with E-state index in [1.165, 1.54) is 4.90 Å². The molecular formula is C23H31NO7. The van der Waals surface area contributed by atoms with Gasteiger partial charge < -0.3 is 24.1 Å². The Morgan fingerprint density at radius 3 is 2.68 bits per heavy atom. The van der Waals surface area contributed by atoms with E-state index in [0.29, 0.717) is 38.4 Å². The molecule has 1 amide bonds. The molecule has 0 aromatic heterocycles. The van der Waals surface area contributed by atoms with Crippen LogP contribution in [0.25, 0.3) is 0 Å². The molecule has 4 saturated heterocycles. The maximum Gasteiger partial charge on any atom is 0.243 e. The smallest absolute Gasteiger partial charge is 0.243 e. The molecule has 4 bridgehead atoms. The van der Waals surface area contributed by atoms with E-state index >= 15 is 0 Å². The number of ether oxygens (including phenoxy) is 4. The molecule has 4 saturated carbocycles. The monoisotopic (exact) mass is 433 g/mol. The largest absolute Gasteiger partial charge is 0.388 e. The lowest BCUT2D eigenvalue weighted by Crippen LogP contribution is -2.84. The summed E-state index contributed by atoms with van der Waals surface area (Å²) in [7, 11) is 0. The van der Waals surface area contributed by atoms with Gasteiger partial charge in [-0.3, -0.25) is 14.5 Å². The average Bonchev–Trinajstić information content (AvgIpc) is 3.32. The van der Waals surface area contributed by atoms with Crippen molar-refractivity contribution in [3.05, 3.63) is 0 Å². The highest BCUT2D eigenvalue weighted by molar-refractivity contribution is 5.85. The van der Waals surface area contributed by atoms with Crippen molar-refractivity contribution in [2.75, 3.05) is 13.2 Å². The number of carbonyl (C=O) groups excluding carboxylic acids is 2. The van der Waals surface area contributed by atoms with Gasteiger partial charge in [0.15, 0.2) is 5.79 Å². The number of rotatable bonds is 1. The molecule has 0 radical (unpaired) electrons. The summed E-state index contributed by atoms with van der Waals surface area (Å²) >= 11 is 0. The van der Waals surface area contributed by atoms with Gasteiger partial charge in [-0.2, -0.15) is 0 Å². The Balaban J connectivity index is 1.31. The maximum absolute atomic E-state index is 14.0. The number of ketones is 1. The van der Waals surface area contributed by atoms with Gasteiger partial charge >= 0.3 is 0 Å². The molecule has 1 N–H and O–H groups in total. The molecule has 0 aromatic rings. The number of Topliss-reactive ketones (excluding diaryl/α,β-unsaturated/α-hetero) is 1. The quantitative estimate of drug-likeness (QED) is 0.621. The molecule has 8 heteroatoms. The van der Waals surface area contributed by atoms with Gasteiger partial charge in [-0.05, 0) is 31.1 Å². The SMILES string of the molecule is CC12CC(=O)C3C(CCC45CC6C(O)C(OC(O4)N6C=O)C35C)C1CCC21OCCO1. The molecule has 4 aliphatic carbocycles. The van der Waals surface area contributed by atoms with Crippen molar-refractivity contribution in [3.63, 3.8) is 0 Å². The Bertz CT molecular complexity index is 859. The molecule has 8 aliphatic rings. The molecule has 2 spiro atoms. The van der Waals surface area contributed by atoms with Gasteiger partial charge in [0.25, 0.3) is 0 Å². The van der Waals surface area contributed by atoms with E-state index in [1.807, 2.05) is 0 Å². The van der Waals surface area contributed by atoms with Gasteiger partial charge in [0.2, 0.25) is 12.8 Å². The molecule has 31 heavy (non-hydrogen) atoms. The number of nitrogens with zero attached hydrogens (tertiary/aromatic N) is 1. The lowest BCUT2D eigenvalue weighted by molar-refractivity contribution is -0.462. The maximum atomic E-state index is 14.0. The number of hydrogen-bond donors (Lipinski definition) is 1. The van der Waals surface area contributed by atoms with Crippen LogP contribution in [0, 0.1) is 28.6 Å². The molecule has 4 aliphatic heterocycles. The van der Waals surface area contributed by atoms with Crippen LogP contribution in [0.2, 0.25) is 0 Å². The van der Waals surface area contributed by atoms with Crippen LogP contribution >= 0.6 is 0 Å². The highest BCUT2D eigenvalue weighted by Crippen LogP contribution is 2.72. The van der Waals surface area contributed by atoms with Crippen molar-refractivity contribution in [1.82, 2.24) is 4.90 Å². The predicted octanol–water partition coefficient (Wildman–Crippen LogP) is 1.19. The highest BCUT2D eigenvalue weighted by Gasteiger charge is 2.78. The molecule has 170 valence electrons. The predicted molar refractivity (Wildman–Crippen MR) is 104 cm³/mol. The Hall–Kier alpha value is -1.06. The average molecular weight is 434 g/mol. The van der Waals surface area contributed by atoms with Crippen molar-refractivity contribution >= 4 is 12.2 Å². The minimum atomic E-state index is -0.806. The Kier molecular flexibility index (Phi) is 3.57. The summed E-state index contributed by atoms with van der Waals surface area (Å²) in [5, 5.41) is 11.2. The van der Waals surface area contributed by atoms with E-state index in [-0.39, 0.29) is 29.1 Å². The van der Waals surface area contributed by atoms with E-state index in [2.05, 4.69) is 13.8 Å². The molecule has 8 fully saturated rings. The summed E-state index contributed by atoms with van der Waals surface area (Å²) in [5.74, 6) is -0.0866. The van der Waals surface area contributed by atoms with E-state index in [1.54, 1.807) is 0 Å². The summed E-state index contributed by atoms with van der Waals surface area (Å²) < 4.78 is 24.9. The van der Waals surface area contributed by atoms with Crippen LogP contribution in [0.4, 0.5) is 0 Å². The molecule has 8 nitrogen and oxygen atoms in total. The zero-order valence-electron chi connectivity index (χ0n) is 18.1. The first-order valence-electron chi connectivity index (χ1n) is 11.8. The van der Waals surface area contributed by atoms with E-state index in [0.717, 1.165) is 25.7 Å². The lowest BCUT2D eigenvalue weighted by atomic mass is 9.41. The van der Waals surface area contributed by atoms with Gasteiger partial charge in [-0.1, -0.05) is 13.8 Å². The summed E-state index contributed by atoms with van der Waals surface area (Å²) in [5.41, 5.74) is -1.46. The Labute approximate surface area is 181 Å². The zero-order chi connectivity index (χ0) is 21.4. The van der Waals surface area contributed by atoms with Crippen molar-refractivity contribution in [2.24, 2.45) is 28.6 Å². The first-order valence-corrected chi connectivity index (χ1v) is 11.8. The summed E-state index contributed by atoms with van der Waals surface area (Å²) in [6.07, 6.45) is 3.21. The first kappa shape index (κ1) is 19.4. The summed E-state index contributed by atoms with van der Waals surface area (Å²) in [4.78, 5) is 27.0. The fourth-order valence-electron chi connectivity index (χ4n) is 9.43. The van der Waals surface area contributed by atoms with Crippen LogP contribution in [0.1, 0.15) is 52.4 Å². The molecular weight excluding hydrogens is 402 g/mol. The number of carbonyl (C=O) groups is 2. The molecule has 8 rings (SSSR count). The Morgan fingerprint density at radius 2 is 1.94 bits per heavy atom. The van der Waals surface area contributed by atoms with Gasteiger partial charge in [-0.15, -0.1) is 0 Å². The number of aliphatic hydroxyl groups is 1. The third-order valence-electron chi connectivity index (χ3n) is 10.7. The van der Waals surface area contributed by atoms with Crippen molar-refractivity contribution in [1.29, 1.82) is 0 Å². The molecule has 0 aromatic carbocycles. The van der Waals surface area contributed by atoms with Crippen LogP contribution < -0.4 is 0 Å². The third kappa shape index (κ3) is 1.91. The third-order valence-corrected chi connectivity index (χ3v) is 10.7. The van der Waals surface area contributed by atoms with Crippen LogP contribution in [0.3, 0.4) is 0 Å². The zero-order valence-corrected chi connectivity index (χ0v) is 18.1. The second kappa shape index (κ2) is 5.70. The van der Waals surface area contributed by atoms with E-state index in [4.69, 9.17) is 18.9 Å². The molecule has 10 unspecified atom stereocenters. The van der Waals surface area contributed by atoms with Crippen LogP contribution in [-0.2, 0) is 28.5 Å². The van der Waals surface area contributed by atoms with Crippen molar-refractivity contribution in [2.45, 2.75) is 88.4 Å². The Morgan fingerprint density at radius 1 is 1.16 bits per heavy atom. The van der Waals surface area contributed by atoms with Gasteiger partial charge in [-0.25, -0.2) is 0 Å². The molecule has 4 heterocycles. The summed E-state index contributed by atoms with van der Waals surface area (Å²) in [6, 6.07) is -0.307. The minimum Gasteiger partial charge on any atom is -0.388 e. The van der Waals surface area contributed by atoms with Gasteiger partial charge in [0.05, 0.1) is 31.0 Å². The van der Waals surface area contributed by atoms with Crippen LogP contribution in [0.15, 0.2) is 0 Å². The fraction of sp³-hybridized carbons (Fsp3) is 0.913. The van der Waals surface area contributed by atoms with E-state index in [9.17, 15) is 14.7 Å². The minimum absolute atomic E-state index is 0.202. The van der Waals surface area contributed by atoms with Crippen molar-refractivity contribution < 1.29 is 33.6 Å². The second-order valence-electron chi connectivity index (χ2n) is 11.4. The van der Waals surface area contributed by atoms with Crippen molar-refractivity contribution in [3.8, 4) is 0 Å². The fourth-order valence-corrected chi connectivity index (χ4v) is 9.43. The molecule has 10 atom stereocenters. The number of aliphatic hydroxyl groups excluding tert-OH is 1. The van der Waals surface area contributed by atoms with Gasteiger partial charge in [0.1, 0.15) is 11.9 Å². The first-order chi connectivity index (χ1) is 14.8. The van der Waals surface area contributed by atoms with Crippen LogP contribution in [0.5, 0.6) is 0 Å². The van der Waals surface area contributed by atoms with E-state index < -0.39 is 35.4 Å². The number of fused-ring (bicyclic) bond motifs is 4. The summed E-state index contributed by atoms with van der Waals surface area (Å²) in [6.45, 7) is 5.49. The normalized spacial score (nSPS) is 58.4. The number of hydrogen-bond acceptors (Lipinski definition) is 7. The second-order valence-corrected chi connectivity index (χ2v) is 11.4. The lowest BCUT2D eigenvalue weighted by Gasteiger charge is -2.73. The topological polar surface area (TPSA) is 94.5 Å². The standard InChI is InChI=1S/C23H31NO7/c1-20-10-15(26)16-12(13(20)4-6-23(20)28-7-8-29-23)3-5-22-9-14-17(27)18(21(16,22)2)30-19(31-22)24(14)11-25/h11-14,16-19,27H,3-10H2,1-2H3.